The van der Waals surface area contributed by atoms with E-state index in [2.05, 4.69) is 20.8 Å². The summed E-state index contributed by atoms with van der Waals surface area (Å²) in [6.45, 7) is 7.57. The lowest BCUT2D eigenvalue weighted by molar-refractivity contribution is -0.139. The second-order valence-electron chi connectivity index (χ2n) is 10.1. The molecule has 7 heteroatoms. The normalized spacial score (nSPS) is 17.8. The number of aliphatic hydroxyl groups excluding tert-OH is 1. The molecule has 2 aromatic carbocycles. The molecular weight excluding hydrogens is 444 g/mol. The molecule has 1 heterocycles. The van der Waals surface area contributed by atoms with Gasteiger partial charge in [0.15, 0.2) is 11.5 Å². The summed E-state index contributed by atoms with van der Waals surface area (Å²) >= 11 is 0. The minimum Gasteiger partial charge on any atom is -0.507 e. The zero-order valence-electron chi connectivity index (χ0n) is 21.7. The summed E-state index contributed by atoms with van der Waals surface area (Å²) in [5.41, 5.74) is 2.35. The Morgan fingerprint density at radius 3 is 2.17 bits per heavy atom. The molecule has 0 aromatic heterocycles. The Morgan fingerprint density at radius 1 is 1.00 bits per heavy atom. The van der Waals surface area contributed by atoms with Gasteiger partial charge in [-0.3, -0.25) is 9.59 Å². The van der Waals surface area contributed by atoms with Crippen LogP contribution in [0.2, 0.25) is 0 Å². The quantitative estimate of drug-likeness (QED) is 0.343. The van der Waals surface area contributed by atoms with Crippen molar-refractivity contribution in [3.63, 3.8) is 0 Å². The van der Waals surface area contributed by atoms with Crippen LogP contribution in [0.3, 0.4) is 0 Å². The van der Waals surface area contributed by atoms with Gasteiger partial charge in [-0.15, -0.1) is 0 Å². The number of rotatable bonds is 8. The summed E-state index contributed by atoms with van der Waals surface area (Å²) in [6, 6.07) is 12.2. The molecule has 0 unspecified atom stereocenters. The minimum absolute atomic E-state index is 0.0360. The number of benzene rings is 2. The highest BCUT2D eigenvalue weighted by atomic mass is 16.5. The van der Waals surface area contributed by atoms with Crippen LogP contribution < -0.4 is 9.47 Å². The molecule has 7 nitrogen and oxygen atoms in total. The first-order valence-electron chi connectivity index (χ1n) is 11.8. The molecule has 0 aliphatic carbocycles. The highest BCUT2D eigenvalue weighted by Gasteiger charge is 2.45. The largest absolute Gasteiger partial charge is 0.507 e. The maximum atomic E-state index is 13.2. The zero-order chi connectivity index (χ0) is 25.9. The third-order valence-electron chi connectivity index (χ3n) is 6.29. The van der Waals surface area contributed by atoms with E-state index in [1.807, 2.05) is 43.3 Å². The highest BCUT2D eigenvalue weighted by molar-refractivity contribution is 6.46. The second-order valence-corrected chi connectivity index (χ2v) is 10.1. The Hall–Kier alpha value is -3.32. The molecule has 1 N–H and O–H groups in total. The molecule has 1 aliphatic rings. The molecule has 0 radical (unpaired) electrons. The van der Waals surface area contributed by atoms with E-state index in [1.165, 1.54) is 14.2 Å². The molecule has 0 saturated carbocycles. The van der Waals surface area contributed by atoms with Gasteiger partial charge < -0.3 is 24.4 Å². The standard InChI is InChI=1S/C28H36N2O5/c1-28(2,3)20-12-9-18(10-13-20)24-23(26(32)27(33)30(24)16-8-15-29(4)5)25(31)19-11-14-21(34-6)22(17-19)35-7/h9-14,17,24,31H,8,15-16H2,1-7H3/t24-/m0/s1. The number of carbonyl (C=O) groups is 2. The number of aliphatic hydroxyl groups is 1. The SMILES string of the molecule is COc1ccc(C(O)=C2C(=O)C(=O)N(CCCN(C)C)[C@H]2c2ccc(C(C)(C)C)cc2)cc1OC. The Kier molecular flexibility index (Phi) is 7.90. The van der Waals surface area contributed by atoms with Crippen molar-refractivity contribution in [2.45, 2.75) is 38.6 Å². The molecule has 0 spiro atoms. The number of ketones is 1. The van der Waals surface area contributed by atoms with Crippen molar-refractivity contribution in [2.24, 2.45) is 0 Å². The molecule has 1 fully saturated rings. The van der Waals surface area contributed by atoms with Gasteiger partial charge in [0.05, 0.1) is 25.8 Å². The summed E-state index contributed by atoms with van der Waals surface area (Å²) in [5, 5.41) is 11.3. The Morgan fingerprint density at radius 2 is 1.63 bits per heavy atom. The fraction of sp³-hybridized carbons (Fsp3) is 0.429. The third-order valence-corrected chi connectivity index (χ3v) is 6.29. The van der Waals surface area contributed by atoms with Gasteiger partial charge in [0, 0.05) is 12.1 Å². The lowest BCUT2D eigenvalue weighted by Crippen LogP contribution is -2.32. The maximum Gasteiger partial charge on any atom is 0.295 e. The van der Waals surface area contributed by atoms with Gasteiger partial charge in [-0.1, -0.05) is 45.0 Å². The average molecular weight is 481 g/mol. The molecule has 0 bridgehead atoms. The topological polar surface area (TPSA) is 79.3 Å². The van der Waals surface area contributed by atoms with E-state index in [0.717, 1.165) is 17.7 Å². The fourth-order valence-corrected chi connectivity index (χ4v) is 4.32. The monoisotopic (exact) mass is 480 g/mol. The van der Waals surface area contributed by atoms with Gasteiger partial charge >= 0.3 is 0 Å². The van der Waals surface area contributed by atoms with Crippen molar-refractivity contribution in [1.29, 1.82) is 0 Å². The molecule has 188 valence electrons. The first-order valence-corrected chi connectivity index (χ1v) is 11.8. The molecule has 2 aromatic rings. The number of carbonyl (C=O) groups excluding carboxylic acids is 2. The van der Waals surface area contributed by atoms with Crippen LogP contribution in [0, 0.1) is 0 Å². The number of hydrogen-bond acceptors (Lipinski definition) is 6. The minimum atomic E-state index is -0.688. The maximum absolute atomic E-state index is 13.2. The van der Waals surface area contributed by atoms with Crippen molar-refractivity contribution in [3.05, 3.63) is 64.7 Å². The molecule has 1 aliphatic heterocycles. The number of Topliss-reactive ketones (excluding diaryl/α,β-unsaturated/α-hetero) is 1. The smallest absolute Gasteiger partial charge is 0.295 e. The van der Waals surface area contributed by atoms with Crippen LogP contribution in [0.5, 0.6) is 11.5 Å². The van der Waals surface area contributed by atoms with Crippen LogP contribution in [0.25, 0.3) is 5.76 Å². The van der Waals surface area contributed by atoms with Crippen LogP contribution in [-0.4, -0.2) is 68.0 Å². The molecule has 1 amide bonds. The first kappa shape index (κ1) is 26.3. The third kappa shape index (κ3) is 5.51. The Balaban J connectivity index is 2.13. The van der Waals surface area contributed by atoms with Gasteiger partial charge in [-0.25, -0.2) is 0 Å². The zero-order valence-corrected chi connectivity index (χ0v) is 21.7. The van der Waals surface area contributed by atoms with Crippen molar-refractivity contribution < 1.29 is 24.2 Å². The predicted molar refractivity (Wildman–Crippen MR) is 137 cm³/mol. The van der Waals surface area contributed by atoms with Crippen LogP contribution in [0.4, 0.5) is 0 Å². The van der Waals surface area contributed by atoms with Gasteiger partial charge in [-0.2, -0.15) is 0 Å². The number of ether oxygens (including phenoxy) is 2. The van der Waals surface area contributed by atoms with E-state index in [4.69, 9.17) is 9.47 Å². The van der Waals surface area contributed by atoms with Crippen LogP contribution >= 0.6 is 0 Å². The van der Waals surface area contributed by atoms with Crippen molar-refractivity contribution in [2.75, 3.05) is 41.4 Å². The van der Waals surface area contributed by atoms with E-state index in [9.17, 15) is 14.7 Å². The number of likely N-dealkylation sites (tertiary alicyclic amines) is 1. The summed E-state index contributed by atoms with van der Waals surface area (Å²) in [6.07, 6.45) is 0.701. The fourth-order valence-electron chi connectivity index (χ4n) is 4.32. The number of hydrogen-bond donors (Lipinski definition) is 1. The highest BCUT2D eigenvalue weighted by Crippen LogP contribution is 2.41. The number of methoxy groups -OCH3 is 2. The molecule has 1 atom stereocenters. The lowest BCUT2D eigenvalue weighted by Gasteiger charge is -2.27. The average Bonchev–Trinajstić information content (AvgIpc) is 3.07. The van der Waals surface area contributed by atoms with Crippen LogP contribution in [0.1, 0.15) is 49.9 Å². The Labute approximate surface area is 207 Å². The van der Waals surface area contributed by atoms with E-state index in [0.29, 0.717) is 30.0 Å². The van der Waals surface area contributed by atoms with Crippen LogP contribution in [-0.2, 0) is 15.0 Å². The van der Waals surface area contributed by atoms with E-state index in [1.54, 1.807) is 23.1 Å². The Bertz CT molecular complexity index is 1110. The van der Waals surface area contributed by atoms with Crippen LogP contribution in [0.15, 0.2) is 48.0 Å². The lowest BCUT2D eigenvalue weighted by atomic mass is 9.85. The summed E-state index contributed by atoms with van der Waals surface area (Å²) in [5.74, 6) is -0.600. The van der Waals surface area contributed by atoms with Gasteiger partial charge in [0.1, 0.15) is 5.76 Å². The van der Waals surface area contributed by atoms with Gasteiger partial charge in [-0.05, 0) is 61.8 Å². The van der Waals surface area contributed by atoms with E-state index in [-0.39, 0.29) is 16.7 Å². The van der Waals surface area contributed by atoms with Crippen molar-refractivity contribution >= 4 is 17.4 Å². The summed E-state index contributed by atoms with van der Waals surface area (Å²) < 4.78 is 10.7. The van der Waals surface area contributed by atoms with Gasteiger partial charge in [0.25, 0.3) is 11.7 Å². The van der Waals surface area contributed by atoms with Gasteiger partial charge in [0.2, 0.25) is 0 Å². The predicted octanol–water partition coefficient (Wildman–Crippen LogP) is 4.37. The van der Waals surface area contributed by atoms with E-state index < -0.39 is 17.7 Å². The molecule has 1 saturated heterocycles. The van der Waals surface area contributed by atoms with E-state index >= 15 is 0 Å². The first-order chi connectivity index (χ1) is 16.5. The summed E-state index contributed by atoms with van der Waals surface area (Å²) in [7, 11) is 6.96. The summed E-state index contributed by atoms with van der Waals surface area (Å²) in [4.78, 5) is 30.0. The number of nitrogens with zero attached hydrogens (tertiary/aromatic N) is 2. The van der Waals surface area contributed by atoms with Crippen molar-refractivity contribution in [1.82, 2.24) is 9.80 Å². The number of amides is 1. The molecular formula is C28H36N2O5. The molecule has 3 rings (SSSR count). The molecule has 35 heavy (non-hydrogen) atoms. The van der Waals surface area contributed by atoms with Crippen molar-refractivity contribution in [3.8, 4) is 11.5 Å². The second kappa shape index (κ2) is 10.5.